The van der Waals surface area contributed by atoms with E-state index in [1.165, 1.54) is 29.1 Å². The van der Waals surface area contributed by atoms with Crippen LogP contribution in [0.25, 0.3) is 10.9 Å². The average Bonchev–Trinajstić information content (AvgIpc) is 2.63. The normalized spacial score (nSPS) is 17.6. The van der Waals surface area contributed by atoms with Crippen molar-refractivity contribution in [1.29, 1.82) is 0 Å². The molecule has 1 amide bonds. The van der Waals surface area contributed by atoms with Crippen LogP contribution in [0.1, 0.15) is 32.6 Å². The second-order valence-electron chi connectivity index (χ2n) is 6.28. The fourth-order valence-corrected chi connectivity index (χ4v) is 3.36. The molecular weight excluding hydrogens is 324 g/mol. The van der Waals surface area contributed by atoms with Crippen molar-refractivity contribution >= 4 is 22.5 Å². The van der Waals surface area contributed by atoms with Gasteiger partial charge in [0.25, 0.3) is 11.2 Å². The Balaban J connectivity index is 1.87. The van der Waals surface area contributed by atoms with E-state index in [9.17, 15) is 19.7 Å². The molecule has 8 nitrogen and oxygen atoms in total. The van der Waals surface area contributed by atoms with E-state index in [4.69, 9.17) is 0 Å². The quantitative estimate of drug-likeness (QED) is 0.625. The first kappa shape index (κ1) is 17.1. The molecule has 0 spiro atoms. The van der Waals surface area contributed by atoms with E-state index < -0.39 is 4.92 Å². The number of piperidine rings is 1. The molecule has 0 radical (unpaired) electrons. The fourth-order valence-electron chi connectivity index (χ4n) is 3.36. The molecule has 0 aliphatic carbocycles. The third-order valence-electron chi connectivity index (χ3n) is 4.74. The lowest BCUT2D eigenvalue weighted by Gasteiger charge is -2.35. The van der Waals surface area contributed by atoms with Crippen LogP contribution in [0.4, 0.5) is 5.69 Å². The largest absolute Gasteiger partial charge is 0.338 e. The smallest absolute Gasteiger partial charge is 0.271 e. The van der Waals surface area contributed by atoms with Gasteiger partial charge in [-0.3, -0.25) is 24.3 Å². The number of non-ortho nitro benzene ring substituents is 1. The molecule has 1 atom stereocenters. The van der Waals surface area contributed by atoms with E-state index in [-0.39, 0.29) is 40.6 Å². The second kappa shape index (κ2) is 7.00. The number of carbonyl (C=O) groups excluding carboxylic acids is 1. The number of benzene rings is 1. The summed E-state index contributed by atoms with van der Waals surface area (Å²) in [4.78, 5) is 41.4. The number of amides is 1. The Kier molecular flexibility index (Phi) is 4.78. The number of aromatic nitrogens is 2. The molecule has 25 heavy (non-hydrogen) atoms. The molecule has 1 fully saturated rings. The Labute approximate surface area is 144 Å². The second-order valence-corrected chi connectivity index (χ2v) is 6.28. The molecule has 0 saturated carbocycles. The van der Waals surface area contributed by atoms with Crippen LogP contribution in [0.2, 0.25) is 0 Å². The number of hydrogen-bond acceptors (Lipinski definition) is 5. The highest BCUT2D eigenvalue weighted by Gasteiger charge is 2.25. The number of nitro groups is 1. The van der Waals surface area contributed by atoms with Gasteiger partial charge in [-0.1, -0.05) is 6.92 Å². The van der Waals surface area contributed by atoms with Gasteiger partial charge in [-0.25, -0.2) is 4.98 Å². The minimum atomic E-state index is -0.530. The molecule has 0 N–H and O–H groups in total. The van der Waals surface area contributed by atoms with E-state index in [1.807, 2.05) is 4.90 Å². The maximum Gasteiger partial charge on any atom is 0.271 e. The van der Waals surface area contributed by atoms with Gasteiger partial charge in [0.15, 0.2) is 0 Å². The lowest BCUT2D eigenvalue weighted by atomic mass is 10.00. The number of carbonyl (C=O) groups is 1. The van der Waals surface area contributed by atoms with Gasteiger partial charge >= 0.3 is 0 Å². The van der Waals surface area contributed by atoms with Crippen LogP contribution in [-0.2, 0) is 11.3 Å². The van der Waals surface area contributed by atoms with E-state index >= 15 is 0 Å². The van der Waals surface area contributed by atoms with Crippen LogP contribution in [0.5, 0.6) is 0 Å². The standard InChI is InChI=1S/C17H20N4O4/c1-2-12-5-3-4-8-20(12)16(22)10-19-11-18-15-9-13(21(24)25)6-7-14(15)17(19)23/h6-7,9,11-12H,2-5,8,10H2,1H3. The van der Waals surface area contributed by atoms with E-state index in [0.29, 0.717) is 0 Å². The van der Waals surface area contributed by atoms with Crippen molar-refractivity contribution in [2.75, 3.05) is 6.54 Å². The highest BCUT2D eigenvalue weighted by atomic mass is 16.6. The first-order valence-electron chi connectivity index (χ1n) is 8.44. The molecular formula is C17H20N4O4. The zero-order valence-electron chi connectivity index (χ0n) is 14.1. The first-order valence-corrected chi connectivity index (χ1v) is 8.44. The Bertz CT molecular complexity index is 877. The summed E-state index contributed by atoms with van der Waals surface area (Å²) < 4.78 is 1.28. The number of nitrogens with zero attached hydrogens (tertiary/aromatic N) is 4. The molecule has 1 aromatic carbocycles. The monoisotopic (exact) mass is 344 g/mol. The van der Waals surface area contributed by atoms with E-state index in [1.54, 1.807) is 0 Å². The molecule has 2 heterocycles. The van der Waals surface area contributed by atoms with Crippen molar-refractivity contribution in [2.24, 2.45) is 0 Å². The zero-order chi connectivity index (χ0) is 18.0. The van der Waals surface area contributed by atoms with Gasteiger partial charge in [-0.05, 0) is 31.7 Å². The summed E-state index contributed by atoms with van der Waals surface area (Å²) >= 11 is 0. The molecule has 1 aliphatic heterocycles. The van der Waals surface area contributed by atoms with Gasteiger partial charge < -0.3 is 4.90 Å². The highest BCUT2D eigenvalue weighted by Crippen LogP contribution is 2.20. The van der Waals surface area contributed by atoms with Gasteiger partial charge in [-0.2, -0.15) is 0 Å². The maximum absolute atomic E-state index is 12.6. The molecule has 3 rings (SSSR count). The summed E-state index contributed by atoms with van der Waals surface area (Å²) in [5.41, 5.74) is -0.224. The molecule has 1 aliphatic rings. The topological polar surface area (TPSA) is 98.3 Å². The summed E-state index contributed by atoms with van der Waals surface area (Å²) in [6.45, 7) is 2.72. The minimum absolute atomic E-state index is 0.0603. The molecule has 1 aromatic heterocycles. The summed E-state index contributed by atoms with van der Waals surface area (Å²) in [6.07, 6.45) is 5.30. The lowest BCUT2D eigenvalue weighted by molar-refractivity contribution is -0.384. The highest BCUT2D eigenvalue weighted by molar-refractivity contribution is 5.81. The third kappa shape index (κ3) is 3.38. The van der Waals surface area contributed by atoms with E-state index in [2.05, 4.69) is 11.9 Å². The van der Waals surface area contributed by atoms with Crippen molar-refractivity contribution < 1.29 is 9.72 Å². The molecule has 8 heteroatoms. The van der Waals surface area contributed by atoms with Crippen molar-refractivity contribution in [1.82, 2.24) is 14.5 Å². The number of nitro benzene ring substituents is 1. The zero-order valence-corrected chi connectivity index (χ0v) is 14.1. The van der Waals surface area contributed by atoms with Gasteiger partial charge in [0, 0.05) is 24.7 Å². The summed E-state index contributed by atoms with van der Waals surface area (Å²) in [5, 5.41) is 11.1. The van der Waals surface area contributed by atoms with Crippen molar-refractivity contribution in [3.05, 3.63) is 45.0 Å². The van der Waals surface area contributed by atoms with Crippen molar-refractivity contribution in [2.45, 2.75) is 45.2 Å². The maximum atomic E-state index is 12.6. The Morgan fingerprint density at radius 3 is 2.92 bits per heavy atom. The molecule has 132 valence electrons. The van der Waals surface area contributed by atoms with Crippen LogP contribution in [0.3, 0.4) is 0 Å². The minimum Gasteiger partial charge on any atom is -0.338 e. The van der Waals surface area contributed by atoms with Gasteiger partial charge in [-0.15, -0.1) is 0 Å². The average molecular weight is 344 g/mol. The van der Waals surface area contributed by atoms with Crippen LogP contribution >= 0.6 is 0 Å². The predicted molar refractivity (Wildman–Crippen MR) is 92.3 cm³/mol. The van der Waals surface area contributed by atoms with Crippen molar-refractivity contribution in [3.63, 3.8) is 0 Å². The van der Waals surface area contributed by atoms with Crippen molar-refractivity contribution in [3.8, 4) is 0 Å². The summed E-state index contributed by atoms with van der Waals surface area (Å²) in [5.74, 6) is -0.0864. The van der Waals surface area contributed by atoms with Gasteiger partial charge in [0.1, 0.15) is 6.54 Å². The number of hydrogen-bond donors (Lipinski definition) is 0. The fraction of sp³-hybridized carbons (Fsp3) is 0.471. The van der Waals surface area contributed by atoms with Crippen LogP contribution in [0, 0.1) is 10.1 Å². The SMILES string of the molecule is CCC1CCCCN1C(=O)Cn1cnc2cc([N+](=O)[O-])ccc2c1=O. The van der Waals surface area contributed by atoms with Crippen LogP contribution < -0.4 is 5.56 Å². The molecule has 0 bridgehead atoms. The number of likely N-dealkylation sites (tertiary alicyclic amines) is 1. The Hall–Kier alpha value is -2.77. The molecule has 2 aromatic rings. The molecule has 1 unspecified atom stereocenters. The van der Waals surface area contributed by atoms with E-state index in [0.717, 1.165) is 32.2 Å². The third-order valence-corrected chi connectivity index (χ3v) is 4.74. The summed E-state index contributed by atoms with van der Waals surface area (Å²) in [6, 6.07) is 4.16. The first-order chi connectivity index (χ1) is 12.0. The Morgan fingerprint density at radius 2 is 2.20 bits per heavy atom. The van der Waals surface area contributed by atoms with Gasteiger partial charge in [0.05, 0.1) is 22.2 Å². The van der Waals surface area contributed by atoms with Crippen LogP contribution in [0.15, 0.2) is 29.3 Å². The van der Waals surface area contributed by atoms with Gasteiger partial charge in [0.2, 0.25) is 5.91 Å². The van der Waals surface area contributed by atoms with Crippen LogP contribution in [-0.4, -0.2) is 37.9 Å². The molecule has 1 saturated heterocycles. The Morgan fingerprint density at radius 1 is 1.40 bits per heavy atom. The lowest BCUT2D eigenvalue weighted by Crippen LogP contribution is -2.45. The predicted octanol–water partition coefficient (Wildman–Crippen LogP) is 2.10. The summed E-state index contributed by atoms with van der Waals surface area (Å²) in [7, 11) is 0. The number of fused-ring (bicyclic) bond motifs is 1. The number of rotatable bonds is 4.